The molecule has 0 bridgehead atoms. The van der Waals surface area contributed by atoms with Crippen molar-refractivity contribution in [3.8, 4) is 0 Å². The van der Waals surface area contributed by atoms with Gasteiger partial charge in [-0.1, -0.05) is 41.0 Å². The Morgan fingerprint density at radius 1 is 1.10 bits per heavy atom. The van der Waals surface area contributed by atoms with Gasteiger partial charge in [-0.2, -0.15) is 0 Å². The van der Waals surface area contributed by atoms with Crippen LogP contribution in [0.4, 0.5) is 0 Å². The minimum absolute atomic E-state index is 0.316. The molecule has 0 amide bonds. The second kappa shape index (κ2) is 6.76. The lowest BCUT2D eigenvalue weighted by Crippen LogP contribution is -2.01. The van der Waals surface area contributed by atoms with Gasteiger partial charge in [0.2, 0.25) is 0 Å². The largest absolute Gasteiger partial charge is 0.478 e. The molecule has 2 aromatic carbocycles. The lowest BCUT2D eigenvalue weighted by molar-refractivity contribution is 0.0689. The summed E-state index contributed by atoms with van der Waals surface area (Å²) in [6, 6.07) is 10.7. The maximum atomic E-state index is 11.4. The number of rotatable bonds is 4. The van der Waals surface area contributed by atoms with E-state index in [1.165, 1.54) is 23.5 Å². The predicted octanol–water partition coefficient (Wildman–Crippen LogP) is 5.56. The quantitative estimate of drug-likeness (QED) is 0.736. The van der Waals surface area contributed by atoms with Crippen LogP contribution in [0.15, 0.2) is 51.1 Å². The van der Waals surface area contributed by atoms with Crippen LogP contribution >= 0.6 is 46.7 Å². The highest BCUT2D eigenvalue weighted by Crippen LogP contribution is 2.37. The van der Waals surface area contributed by atoms with E-state index in [2.05, 4.69) is 0 Å². The van der Waals surface area contributed by atoms with Gasteiger partial charge in [0.25, 0.3) is 0 Å². The van der Waals surface area contributed by atoms with Crippen molar-refractivity contribution in [2.75, 3.05) is 6.26 Å². The lowest BCUT2D eigenvalue weighted by Gasteiger charge is -2.10. The molecule has 0 fully saturated rings. The van der Waals surface area contributed by atoms with E-state index in [1.807, 2.05) is 18.4 Å². The highest BCUT2D eigenvalue weighted by Gasteiger charge is 2.16. The number of carboxylic acids is 1. The molecule has 0 unspecified atom stereocenters. The Hall–Kier alpha value is -0.810. The van der Waals surface area contributed by atoms with Gasteiger partial charge in [0, 0.05) is 14.7 Å². The van der Waals surface area contributed by atoms with Gasteiger partial charge in [0.1, 0.15) is 0 Å². The van der Waals surface area contributed by atoms with Crippen molar-refractivity contribution < 1.29 is 9.90 Å². The zero-order valence-electron chi connectivity index (χ0n) is 10.4. The van der Waals surface area contributed by atoms with E-state index in [4.69, 9.17) is 23.2 Å². The third kappa shape index (κ3) is 3.44. The van der Waals surface area contributed by atoms with Crippen LogP contribution in [0.1, 0.15) is 10.4 Å². The number of thioether (sulfide) groups is 1. The van der Waals surface area contributed by atoms with E-state index in [0.717, 1.165) is 9.79 Å². The molecular formula is C14H10Cl2O2S2. The number of carboxylic acid groups (broad SMARTS) is 1. The number of hydrogen-bond donors (Lipinski definition) is 1. The molecule has 0 aromatic heterocycles. The van der Waals surface area contributed by atoms with Crippen molar-refractivity contribution in [3.63, 3.8) is 0 Å². The molecule has 1 N–H and O–H groups in total. The summed E-state index contributed by atoms with van der Waals surface area (Å²) in [7, 11) is 0. The number of carbonyl (C=O) groups is 1. The van der Waals surface area contributed by atoms with Crippen molar-refractivity contribution in [1.29, 1.82) is 0 Å². The zero-order valence-corrected chi connectivity index (χ0v) is 13.5. The summed E-state index contributed by atoms with van der Waals surface area (Å²) >= 11 is 14.6. The summed E-state index contributed by atoms with van der Waals surface area (Å²) in [6.07, 6.45) is 1.86. The molecule has 0 saturated carbocycles. The first-order valence-corrected chi connectivity index (χ1v) is 8.36. The first-order valence-electron chi connectivity index (χ1n) is 5.56. The standard InChI is InChI=1S/C14H10Cl2O2S2/c1-19-11-3-2-4-12(13(11)14(17)18)20-8-5-6-9(15)10(16)7-8/h2-7H,1H3,(H,17,18). The maximum absolute atomic E-state index is 11.4. The van der Waals surface area contributed by atoms with Crippen LogP contribution in [0.3, 0.4) is 0 Å². The van der Waals surface area contributed by atoms with Crippen LogP contribution < -0.4 is 0 Å². The Morgan fingerprint density at radius 2 is 1.80 bits per heavy atom. The summed E-state index contributed by atoms with van der Waals surface area (Å²) in [6.45, 7) is 0. The SMILES string of the molecule is CSc1cccc(Sc2ccc(Cl)c(Cl)c2)c1C(=O)O. The van der Waals surface area contributed by atoms with Crippen molar-refractivity contribution in [2.45, 2.75) is 14.7 Å². The summed E-state index contributed by atoms with van der Waals surface area (Å²) in [5, 5.41) is 10.3. The van der Waals surface area contributed by atoms with E-state index in [-0.39, 0.29) is 0 Å². The van der Waals surface area contributed by atoms with E-state index < -0.39 is 5.97 Å². The molecular weight excluding hydrogens is 335 g/mol. The van der Waals surface area contributed by atoms with E-state index in [1.54, 1.807) is 24.3 Å². The summed E-state index contributed by atoms with van der Waals surface area (Å²) in [5.74, 6) is -0.933. The van der Waals surface area contributed by atoms with Gasteiger partial charge in [-0.15, -0.1) is 11.8 Å². The maximum Gasteiger partial charge on any atom is 0.337 e. The predicted molar refractivity (Wildman–Crippen MR) is 85.8 cm³/mol. The lowest BCUT2D eigenvalue weighted by atomic mass is 10.2. The third-order valence-corrected chi connectivity index (χ3v) is 5.11. The normalized spacial score (nSPS) is 10.6. The van der Waals surface area contributed by atoms with Crippen molar-refractivity contribution in [2.24, 2.45) is 0 Å². The fourth-order valence-electron chi connectivity index (χ4n) is 1.64. The Morgan fingerprint density at radius 3 is 2.40 bits per heavy atom. The molecule has 0 aliphatic rings. The Bertz CT molecular complexity index is 660. The van der Waals surface area contributed by atoms with E-state index in [9.17, 15) is 9.90 Å². The summed E-state index contributed by atoms with van der Waals surface area (Å²) < 4.78 is 0. The molecule has 20 heavy (non-hydrogen) atoms. The topological polar surface area (TPSA) is 37.3 Å². The van der Waals surface area contributed by atoms with Crippen LogP contribution in [0.2, 0.25) is 10.0 Å². The first-order chi connectivity index (χ1) is 9.52. The van der Waals surface area contributed by atoms with Crippen LogP contribution in [0, 0.1) is 0 Å². The Labute approximate surface area is 135 Å². The van der Waals surface area contributed by atoms with Crippen LogP contribution in [-0.4, -0.2) is 17.3 Å². The zero-order chi connectivity index (χ0) is 14.7. The van der Waals surface area contributed by atoms with Crippen LogP contribution in [0.5, 0.6) is 0 Å². The molecule has 104 valence electrons. The van der Waals surface area contributed by atoms with Crippen LogP contribution in [0.25, 0.3) is 0 Å². The van der Waals surface area contributed by atoms with E-state index >= 15 is 0 Å². The highest BCUT2D eigenvalue weighted by atomic mass is 35.5. The molecule has 0 spiro atoms. The number of aromatic carboxylic acids is 1. The minimum atomic E-state index is -0.933. The van der Waals surface area contributed by atoms with Gasteiger partial charge in [0.05, 0.1) is 15.6 Å². The monoisotopic (exact) mass is 344 g/mol. The van der Waals surface area contributed by atoms with E-state index in [0.29, 0.717) is 20.5 Å². The number of benzene rings is 2. The van der Waals surface area contributed by atoms with Crippen molar-refractivity contribution >= 4 is 52.7 Å². The molecule has 2 aromatic rings. The average Bonchev–Trinajstić information content (AvgIpc) is 2.42. The smallest absolute Gasteiger partial charge is 0.337 e. The molecule has 0 aliphatic carbocycles. The summed E-state index contributed by atoms with van der Waals surface area (Å²) in [4.78, 5) is 13.7. The molecule has 2 rings (SSSR count). The van der Waals surface area contributed by atoms with Gasteiger partial charge in [-0.3, -0.25) is 0 Å². The second-order valence-corrected chi connectivity index (χ2v) is 6.59. The molecule has 0 atom stereocenters. The first kappa shape index (κ1) is 15.6. The molecule has 2 nitrogen and oxygen atoms in total. The van der Waals surface area contributed by atoms with Gasteiger partial charge in [-0.25, -0.2) is 4.79 Å². The van der Waals surface area contributed by atoms with Gasteiger partial charge < -0.3 is 5.11 Å². The summed E-state index contributed by atoms with van der Waals surface area (Å²) in [5.41, 5.74) is 0.316. The minimum Gasteiger partial charge on any atom is -0.478 e. The fraction of sp³-hybridized carbons (Fsp3) is 0.0714. The number of halogens is 2. The third-order valence-electron chi connectivity index (χ3n) is 2.54. The van der Waals surface area contributed by atoms with Gasteiger partial charge >= 0.3 is 5.97 Å². The molecule has 0 saturated heterocycles. The molecule has 0 aliphatic heterocycles. The Kier molecular flexibility index (Phi) is 5.27. The second-order valence-electron chi connectivity index (χ2n) is 3.82. The number of hydrogen-bond acceptors (Lipinski definition) is 3. The molecule has 6 heteroatoms. The van der Waals surface area contributed by atoms with Crippen molar-refractivity contribution in [3.05, 3.63) is 52.0 Å². The van der Waals surface area contributed by atoms with Gasteiger partial charge in [-0.05, 0) is 36.6 Å². The molecule has 0 radical (unpaired) electrons. The fourth-order valence-corrected chi connectivity index (χ4v) is 3.70. The van der Waals surface area contributed by atoms with Crippen LogP contribution in [-0.2, 0) is 0 Å². The molecule has 0 heterocycles. The van der Waals surface area contributed by atoms with Crippen molar-refractivity contribution in [1.82, 2.24) is 0 Å². The van der Waals surface area contributed by atoms with Gasteiger partial charge in [0.15, 0.2) is 0 Å². The Balaban J connectivity index is 2.42. The highest BCUT2D eigenvalue weighted by molar-refractivity contribution is 8.00. The average molecular weight is 345 g/mol.